The minimum Gasteiger partial charge on any atom is -0.497 e. The van der Waals surface area contributed by atoms with Crippen LogP contribution in [0, 0.1) is 5.92 Å². The minimum atomic E-state index is -0.417. The van der Waals surface area contributed by atoms with E-state index in [0.29, 0.717) is 12.5 Å². The maximum Gasteiger partial charge on any atom is 0.321 e. The fourth-order valence-corrected chi connectivity index (χ4v) is 3.25. The van der Waals surface area contributed by atoms with Crippen molar-refractivity contribution < 1.29 is 14.3 Å². The molecule has 1 saturated heterocycles. The monoisotopic (exact) mass is 361 g/mol. The van der Waals surface area contributed by atoms with E-state index < -0.39 is 6.03 Å². The number of methoxy groups -OCH3 is 1. The van der Waals surface area contributed by atoms with Crippen molar-refractivity contribution in [1.82, 2.24) is 15.5 Å². The molecule has 3 amide bonds. The van der Waals surface area contributed by atoms with Gasteiger partial charge < -0.3 is 10.1 Å². The van der Waals surface area contributed by atoms with Crippen molar-refractivity contribution in [1.29, 1.82) is 0 Å². The molecule has 0 aromatic heterocycles. The largest absolute Gasteiger partial charge is 0.497 e. The number of hydrogen-bond donors (Lipinski definition) is 2. The maximum atomic E-state index is 12.3. The van der Waals surface area contributed by atoms with E-state index in [0.717, 1.165) is 31.6 Å². The Morgan fingerprint density at radius 1 is 1.19 bits per heavy atom. The summed E-state index contributed by atoms with van der Waals surface area (Å²) in [6.45, 7) is 5.67. The first-order valence-electron chi connectivity index (χ1n) is 9.45. The second-order valence-corrected chi connectivity index (χ2v) is 7.26. The second-order valence-electron chi connectivity index (χ2n) is 7.26. The van der Waals surface area contributed by atoms with Crippen LogP contribution in [-0.2, 0) is 4.79 Å². The summed E-state index contributed by atoms with van der Waals surface area (Å²) in [5.74, 6) is 0.918. The van der Waals surface area contributed by atoms with Gasteiger partial charge in [-0.25, -0.2) is 4.79 Å². The quantitative estimate of drug-likeness (QED) is 0.817. The van der Waals surface area contributed by atoms with E-state index in [-0.39, 0.29) is 18.5 Å². The number of likely N-dealkylation sites (tertiary alicyclic amines) is 1. The van der Waals surface area contributed by atoms with E-state index in [1.165, 1.54) is 12.0 Å². The number of carbonyl (C=O) groups excluding carboxylic acids is 2. The third-order valence-electron chi connectivity index (χ3n) is 4.63. The van der Waals surface area contributed by atoms with Gasteiger partial charge in [-0.3, -0.25) is 15.0 Å². The van der Waals surface area contributed by atoms with Crippen LogP contribution in [0.1, 0.15) is 51.1 Å². The Hall–Kier alpha value is -2.08. The van der Waals surface area contributed by atoms with Gasteiger partial charge in [0.25, 0.3) is 0 Å². The summed E-state index contributed by atoms with van der Waals surface area (Å²) in [4.78, 5) is 26.3. The molecule has 0 radical (unpaired) electrons. The molecule has 1 aliphatic heterocycles. The summed E-state index contributed by atoms with van der Waals surface area (Å²) in [6, 6.07) is 7.81. The standard InChI is InChI=1S/C20H31N3O3/c1-15(2)13-21-20(25)22-19(24)14-23-12-6-4-5-7-18(23)16-8-10-17(26-3)11-9-16/h8-11,15,18H,4-7,12-14H2,1-3H3,(H2,21,22,24,25). The Kier molecular flexibility index (Phi) is 7.91. The minimum absolute atomic E-state index is 0.188. The first-order chi connectivity index (χ1) is 12.5. The van der Waals surface area contributed by atoms with Crippen LogP contribution in [0.3, 0.4) is 0 Å². The van der Waals surface area contributed by atoms with E-state index in [1.54, 1.807) is 7.11 Å². The Morgan fingerprint density at radius 2 is 1.92 bits per heavy atom. The molecular weight excluding hydrogens is 330 g/mol. The first kappa shape index (κ1) is 20.2. The van der Waals surface area contributed by atoms with E-state index in [9.17, 15) is 9.59 Å². The van der Waals surface area contributed by atoms with Crippen molar-refractivity contribution >= 4 is 11.9 Å². The Bertz CT molecular complexity index is 586. The molecular formula is C20H31N3O3. The SMILES string of the molecule is COc1ccc(C2CCCCCN2CC(=O)NC(=O)NCC(C)C)cc1. The van der Waals surface area contributed by atoms with Crippen molar-refractivity contribution in [2.45, 2.75) is 45.6 Å². The van der Waals surface area contributed by atoms with Gasteiger partial charge in [-0.15, -0.1) is 0 Å². The average Bonchev–Trinajstić information content (AvgIpc) is 2.85. The number of carbonyl (C=O) groups is 2. The van der Waals surface area contributed by atoms with Gasteiger partial charge in [0.15, 0.2) is 0 Å². The molecule has 1 unspecified atom stereocenters. The molecule has 144 valence electrons. The van der Waals surface area contributed by atoms with Crippen LogP contribution in [0.5, 0.6) is 5.75 Å². The van der Waals surface area contributed by atoms with Crippen LogP contribution in [0.15, 0.2) is 24.3 Å². The molecule has 1 aliphatic rings. The van der Waals surface area contributed by atoms with Crippen LogP contribution in [-0.4, -0.2) is 43.6 Å². The zero-order valence-corrected chi connectivity index (χ0v) is 16.1. The summed E-state index contributed by atoms with van der Waals surface area (Å²) >= 11 is 0. The van der Waals surface area contributed by atoms with Crippen molar-refractivity contribution in [2.24, 2.45) is 5.92 Å². The number of urea groups is 1. The van der Waals surface area contributed by atoms with Gasteiger partial charge in [0, 0.05) is 12.6 Å². The number of hydrogen-bond acceptors (Lipinski definition) is 4. The number of amides is 3. The van der Waals surface area contributed by atoms with E-state index >= 15 is 0 Å². The van der Waals surface area contributed by atoms with Gasteiger partial charge in [0.2, 0.25) is 5.91 Å². The molecule has 1 fully saturated rings. The fourth-order valence-electron chi connectivity index (χ4n) is 3.25. The van der Waals surface area contributed by atoms with E-state index in [2.05, 4.69) is 27.7 Å². The Morgan fingerprint density at radius 3 is 2.58 bits per heavy atom. The van der Waals surface area contributed by atoms with Crippen LogP contribution >= 0.6 is 0 Å². The lowest BCUT2D eigenvalue weighted by Crippen LogP contribution is -2.46. The van der Waals surface area contributed by atoms with Gasteiger partial charge >= 0.3 is 6.03 Å². The van der Waals surface area contributed by atoms with Crippen molar-refractivity contribution in [3.05, 3.63) is 29.8 Å². The number of ether oxygens (including phenoxy) is 1. The van der Waals surface area contributed by atoms with Gasteiger partial charge in [-0.05, 0) is 43.0 Å². The maximum absolute atomic E-state index is 12.3. The average molecular weight is 361 g/mol. The van der Waals surface area contributed by atoms with Crippen LogP contribution in [0.4, 0.5) is 4.79 Å². The summed E-state index contributed by atoms with van der Waals surface area (Å²) in [7, 11) is 1.65. The van der Waals surface area contributed by atoms with Crippen molar-refractivity contribution in [2.75, 3.05) is 26.7 Å². The highest BCUT2D eigenvalue weighted by atomic mass is 16.5. The first-order valence-corrected chi connectivity index (χ1v) is 9.45. The molecule has 0 spiro atoms. The van der Waals surface area contributed by atoms with E-state index in [1.807, 2.05) is 26.0 Å². The number of rotatable bonds is 6. The third kappa shape index (κ3) is 6.33. The van der Waals surface area contributed by atoms with Gasteiger partial charge in [0.05, 0.1) is 13.7 Å². The predicted molar refractivity (Wildman–Crippen MR) is 102 cm³/mol. The molecule has 6 nitrogen and oxygen atoms in total. The third-order valence-corrected chi connectivity index (χ3v) is 4.63. The molecule has 26 heavy (non-hydrogen) atoms. The lowest BCUT2D eigenvalue weighted by atomic mass is 10.0. The fraction of sp³-hybridized carbons (Fsp3) is 0.600. The Labute approximate surface area is 156 Å². The molecule has 2 N–H and O–H groups in total. The van der Waals surface area contributed by atoms with Crippen molar-refractivity contribution in [3.63, 3.8) is 0 Å². The number of benzene rings is 1. The van der Waals surface area contributed by atoms with Crippen LogP contribution in [0.25, 0.3) is 0 Å². The molecule has 0 aliphatic carbocycles. The zero-order chi connectivity index (χ0) is 18.9. The highest BCUT2D eigenvalue weighted by Crippen LogP contribution is 2.30. The number of nitrogens with one attached hydrogen (secondary N) is 2. The normalized spacial score (nSPS) is 18.2. The van der Waals surface area contributed by atoms with Crippen LogP contribution in [0.2, 0.25) is 0 Å². The van der Waals surface area contributed by atoms with Gasteiger partial charge in [0.1, 0.15) is 5.75 Å². The molecule has 0 bridgehead atoms. The van der Waals surface area contributed by atoms with Gasteiger partial charge in [-0.1, -0.05) is 38.8 Å². The van der Waals surface area contributed by atoms with E-state index in [4.69, 9.17) is 4.74 Å². The zero-order valence-electron chi connectivity index (χ0n) is 16.1. The summed E-state index contributed by atoms with van der Waals surface area (Å²) in [5, 5.41) is 5.16. The molecule has 1 aromatic carbocycles. The Balaban J connectivity index is 1.98. The number of imide groups is 1. The lowest BCUT2D eigenvalue weighted by Gasteiger charge is -2.29. The summed E-state index contributed by atoms with van der Waals surface area (Å²) in [5.41, 5.74) is 1.18. The van der Waals surface area contributed by atoms with Crippen molar-refractivity contribution in [3.8, 4) is 5.75 Å². The summed E-state index contributed by atoms with van der Waals surface area (Å²) < 4.78 is 5.23. The summed E-state index contributed by atoms with van der Waals surface area (Å²) in [6.07, 6.45) is 4.39. The smallest absolute Gasteiger partial charge is 0.321 e. The lowest BCUT2D eigenvalue weighted by molar-refractivity contribution is -0.121. The molecule has 2 rings (SSSR count). The molecule has 6 heteroatoms. The number of nitrogens with zero attached hydrogens (tertiary/aromatic N) is 1. The topological polar surface area (TPSA) is 70.7 Å². The molecule has 1 heterocycles. The molecule has 1 aromatic rings. The predicted octanol–water partition coefficient (Wildman–Crippen LogP) is 3.09. The van der Waals surface area contributed by atoms with Gasteiger partial charge in [-0.2, -0.15) is 0 Å². The highest BCUT2D eigenvalue weighted by Gasteiger charge is 2.25. The molecule has 0 saturated carbocycles. The molecule has 1 atom stereocenters. The van der Waals surface area contributed by atoms with Crippen LogP contribution < -0.4 is 15.4 Å². The second kappa shape index (κ2) is 10.2. The highest BCUT2D eigenvalue weighted by molar-refractivity contribution is 5.95.